The van der Waals surface area contributed by atoms with Crippen molar-refractivity contribution in [3.05, 3.63) is 42.4 Å². The standard InChI is InChI=1S/C16H16N6O/c23-16(22-5-3-17-4-6-22)11-1-2-14(18-8-11)12-7-13-10-20-21-15(13)19-9-12/h1-2,7-10,17H,3-6H2,(H,19,20,21). The lowest BCUT2D eigenvalue weighted by atomic mass is 10.1. The number of aromatic nitrogens is 4. The molecule has 1 aliphatic heterocycles. The minimum atomic E-state index is 0.0361. The van der Waals surface area contributed by atoms with Crippen molar-refractivity contribution in [1.82, 2.24) is 30.4 Å². The number of piperazine rings is 1. The summed E-state index contributed by atoms with van der Waals surface area (Å²) in [7, 11) is 0. The number of nitrogens with one attached hydrogen (secondary N) is 2. The van der Waals surface area contributed by atoms with E-state index < -0.39 is 0 Å². The summed E-state index contributed by atoms with van der Waals surface area (Å²) in [6.45, 7) is 3.16. The number of aromatic amines is 1. The molecule has 4 rings (SSSR count). The fraction of sp³-hybridized carbons (Fsp3) is 0.250. The van der Waals surface area contributed by atoms with Gasteiger partial charge in [0.15, 0.2) is 5.65 Å². The second kappa shape index (κ2) is 5.77. The summed E-state index contributed by atoms with van der Waals surface area (Å²) in [5, 5.41) is 11.0. The third-order valence-corrected chi connectivity index (χ3v) is 4.00. The molecule has 116 valence electrons. The summed E-state index contributed by atoms with van der Waals surface area (Å²) >= 11 is 0. The second-order valence-electron chi connectivity index (χ2n) is 5.51. The van der Waals surface area contributed by atoms with Gasteiger partial charge in [-0.05, 0) is 18.2 Å². The lowest BCUT2D eigenvalue weighted by molar-refractivity contribution is 0.0735. The van der Waals surface area contributed by atoms with Crippen molar-refractivity contribution in [2.45, 2.75) is 0 Å². The highest BCUT2D eigenvalue weighted by Gasteiger charge is 2.18. The van der Waals surface area contributed by atoms with Gasteiger partial charge in [-0.3, -0.25) is 14.9 Å². The molecule has 0 radical (unpaired) electrons. The predicted octanol–water partition coefficient (Wildman–Crippen LogP) is 1.07. The largest absolute Gasteiger partial charge is 0.336 e. The van der Waals surface area contributed by atoms with Crippen LogP contribution in [0.15, 0.2) is 36.8 Å². The molecule has 0 spiro atoms. The molecule has 1 fully saturated rings. The van der Waals surface area contributed by atoms with E-state index >= 15 is 0 Å². The molecule has 7 heteroatoms. The maximum Gasteiger partial charge on any atom is 0.255 e. The number of H-pyrrole nitrogens is 1. The Morgan fingerprint density at radius 1 is 1.09 bits per heavy atom. The molecule has 0 bridgehead atoms. The molecular weight excluding hydrogens is 292 g/mol. The number of amides is 1. The number of fused-ring (bicyclic) bond motifs is 1. The van der Waals surface area contributed by atoms with Gasteiger partial charge in [0.05, 0.1) is 17.5 Å². The fourth-order valence-electron chi connectivity index (χ4n) is 2.72. The zero-order chi connectivity index (χ0) is 15.6. The van der Waals surface area contributed by atoms with Crippen LogP contribution in [0.3, 0.4) is 0 Å². The monoisotopic (exact) mass is 308 g/mol. The molecule has 1 amide bonds. The van der Waals surface area contributed by atoms with E-state index in [1.165, 1.54) is 0 Å². The van der Waals surface area contributed by atoms with E-state index in [2.05, 4.69) is 25.5 Å². The Morgan fingerprint density at radius 2 is 1.96 bits per heavy atom. The Bertz CT molecular complexity index is 835. The molecule has 1 saturated heterocycles. The Labute approximate surface area is 132 Å². The average molecular weight is 308 g/mol. The van der Waals surface area contributed by atoms with Gasteiger partial charge in [-0.2, -0.15) is 5.10 Å². The van der Waals surface area contributed by atoms with Crippen molar-refractivity contribution in [2.75, 3.05) is 26.2 Å². The van der Waals surface area contributed by atoms with E-state index in [-0.39, 0.29) is 5.91 Å². The van der Waals surface area contributed by atoms with E-state index in [0.29, 0.717) is 5.56 Å². The SMILES string of the molecule is O=C(c1ccc(-c2cnc3[nH]ncc3c2)nc1)N1CCNCC1. The van der Waals surface area contributed by atoms with Gasteiger partial charge in [0.2, 0.25) is 0 Å². The molecular formula is C16H16N6O. The third-order valence-electron chi connectivity index (χ3n) is 4.00. The zero-order valence-corrected chi connectivity index (χ0v) is 12.5. The van der Waals surface area contributed by atoms with Crippen LogP contribution in [-0.2, 0) is 0 Å². The van der Waals surface area contributed by atoms with E-state index in [9.17, 15) is 4.79 Å². The van der Waals surface area contributed by atoms with E-state index in [1.54, 1.807) is 18.6 Å². The third kappa shape index (κ3) is 2.66. The maximum absolute atomic E-state index is 12.4. The Kier molecular flexibility index (Phi) is 3.47. The van der Waals surface area contributed by atoms with Crippen molar-refractivity contribution in [3.63, 3.8) is 0 Å². The Hall–Kier alpha value is -2.80. The van der Waals surface area contributed by atoms with Crippen LogP contribution in [0.25, 0.3) is 22.3 Å². The van der Waals surface area contributed by atoms with E-state index in [4.69, 9.17) is 0 Å². The number of hydrogen-bond donors (Lipinski definition) is 2. The molecule has 23 heavy (non-hydrogen) atoms. The number of nitrogens with zero attached hydrogens (tertiary/aromatic N) is 4. The lowest BCUT2D eigenvalue weighted by Gasteiger charge is -2.27. The molecule has 2 N–H and O–H groups in total. The molecule has 3 aromatic heterocycles. The van der Waals surface area contributed by atoms with Crippen LogP contribution in [0.2, 0.25) is 0 Å². The van der Waals surface area contributed by atoms with Crippen molar-refractivity contribution < 1.29 is 4.79 Å². The summed E-state index contributed by atoms with van der Waals surface area (Å²) in [6.07, 6.45) is 5.12. The minimum absolute atomic E-state index is 0.0361. The quantitative estimate of drug-likeness (QED) is 0.739. The lowest BCUT2D eigenvalue weighted by Crippen LogP contribution is -2.46. The van der Waals surface area contributed by atoms with Gasteiger partial charge in [0, 0.05) is 49.5 Å². The molecule has 7 nitrogen and oxygen atoms in total. The fourth-order valence-corrected chi connectivity index (χ4v) is 2.72. The molecule has 0 aromatic carbocycles. The van der Waals surface area contributed by atoms with Crippen LogP contribution in [-0.4, -0.2) is 57.2 Å². The molecule has 3 aromatic rings. The van der Waals surface area contributed by atoms with E-state index in [1.807, 2.05) is 23.1 Å². The Morgan fingerprint density at radius 3 is 2.74 bits per heavy atom. The zero-order valence-electron chi connectivity index (χ0n) is 12.5. The first-order valence-electron chi connectivity index (χ1n) is 7.57. The van der Waals surface area contributed by atoms with Gasteiger partial charge in [-0.1, -0.05) is 0 Å². The van der Waals surface area contributed by atoms with Crippen molar-refractivity contribution in [3.8, 4) is 11.3 Å². The molecule has 0 saturated carbocycles. The van der Waals surface area contributed by atoms with Crippen LogP contribution < -0.4 is 5.32 Å². The molecule has 0 aliphatic carbocycles. The van der Waals surface area contributed by atoms with Gasteiger partial charge in [-0.25, -0.2) is 4.98 Å². The highest BCUT2D eigenvalue weighted by molar-refractivity contribution is 5.94. The number of hydrogen-bond acceptors (Lipinski definition) is 5. The topological polar surface area (TPSA) is 86.8 Å². The maximum atomic E-state index is 12.4. The summed E-state index contributed by atoms with van der Waals surface area (Å²) in [4.78, 5) is 23.0. The number of carbonyl (C=O) groups excluding carboxylic acids is 1. The summed E-state index contributed by atoms with van der Waals surface area (Å²) < 4.78 is 0. The van der Waals surface area contributed by atoms with Crippen molar-refractivity contribution in [2.24, 2.45) is 0 Å². The number of rotatable bonds is 2. The second-order valence-corrected chi connectivity index (χ2v) is 5.51. The highest BCUT2D eigenvalue weighted by Crippen LogP contribution is 2.20. The smallest absolute Gasteiger partial charge is 0.255 e. The highest BCUT2D eigenvalue weighted by atomic mass is 16.2. The minimum Gasteiger partial charge on any atom is -0.336 e. The van der Waals surface area contributed by atoms with Crippen LogP contribution in [0.1, 0.15) is 10.4 Å². The van der Waals surface area contributed by atoms with E-state index in [0.717, 1.165) is 48.5 Å². The summed E-state index contributed by atoms with van der Waals surface area (Å²) in [6, 6.07) is 5.66. The van der Waals surface area contributed by atoms with Gasteiger partial charge < -0.3 is 10.2 Å². The molecule has 1 aliphatic rings. The van der Waals surface area contributed by atoms with Gasteiger partial charge in [0.25, 0.3) is 5.91 Å². The van der Waals surface area contributed by atoms with Crippen molar-refractivity contribution >= 4 is 16.9 Å². The van der Waals surface area contributed by atoms with Crippen molar-refractivity contribution in [1.29, 1.82) is 0 Å². The normalized spacial score (nSPS) is 15.0. The first kappa shape index (κ1) is 13.8. The number of pyridine rings is 2. The van der Waals surface area contributed by atoms with Gasteiger partial charge >= 0.3 is 0 Å². The van der Waals surface area contributed by atoms with Crippen LogP contribution >= 0.6 is 0 Å². The van der Waals surface area contributed by atoms with Crippen LogP contribution in [0.4, 0.5) is 0 Å². The Balaban J connectivity index is 1.58. The number of carbonyl (C=O) groups is 1. The first-order chi connectivity index (χ1) is 11.3. The molecule has 4 heterocycles. The summed E-state index contributed by atoms with van der Waals surface area (Å²) in [5.41, 5.74) is 3.06. The van der Waals surface area contributed by atoms with Gasteiger partial charge in [-0.15, -0.1) is 0 Å². The molecule has 0 unspecified atom stereocenters. The first-order valence-corrected chi connectivity index (χ1v) is 7.57. The van der Waals surface area contributed by atoms with Crippen LogP contribution in [0, 0.1) is 0 Å². The predicted molar refractivity (Wildman–Crippen MR) is 85.9 cm³/mol. The summed E-state index contributed by atoms with van der Waals surface area (Å²) in [5.74, 6) is 0.0361. The van der Waals surface area contributed by atoms with Gasteiger partial charge in [0.1, 0.15) is 0 Å². The average Bonchev–Trinajstić information content (AvgIpc) is 3.10. The molecule has 0 atom stereocenters. The van der Waals surface area contributed by atoms with Crippen LogP contribution in [0.5, 0.6) is 0 Å².